The van der Waals surface area contributed by atoms with E-state index in [2.05, 4.69) is 19.0 Å². The Bertz CT molecular complexity index is 200. The highest BCUT2D eigenvalue weighted by molar-refractivity contribution is 5.62. The second kappa shape index (κ2) is 6.54. The summed E-state index contributed by atoms with van der Waals surface area (Å²) in [5, 5.41) is 0. The molecule has 2 nitrogen and oxygen atoms in total. The molecule has 0 rings (SSSR count). The molecule has 0 aromatic carbocycles. The lowest BCUT2D eigenvalue weighted by Gasteiger charge is -2.23. The second-order valence-corrected chi connectivity index (χ2v) is 3.09. The van der Waals surface area contributed by atoms with Crippen LogP contribution < -0.4 is 0 Å². The highest BCUT2D eigenvalue weighted by Gasteiger charge is 2.28. The van der Waals surface area contributed by atoms with Gasteiger partial charge in [0.05, 0.1) is 0 Å². The summed E-state index contributed by atoms with van der Waals surface area (Å²) in [6.07, 6.45) is 6.91. The molecule has 0 N–H and O–H groups in total. The third-order valence-corrected chi connectivity index (χ3v) is 2.12. The monoisotopic (exact) mass is 182 g/mol. The third kappa shape index (κ3) is 3.98. The molecule has 1 unspecified atom stereocenters. The van der Waals surface area contributed by atoms with Crippen molar-refractivity contribution in [2.45, 2.75) is 52.1 Å². The summed E-state index contributed by atoms with van der Waals surface area (Å²) in [6.45, 7) is 5.74. The Morgan fingerprint density at radius 3 is 2.54 bits per heavy atom. The van der Waals surface area contributed by atoms with Gasteiger partial charge in [0.15, 0.2) is 11.9 Å². The van der Waals surface area contributed by atoms with Crippen LogP contribution in [0.25, 0.3) is 0 Å². The lowest BCUT2D eigenvalue weighted by atomic mass is 9.95. The van der Waals surface area contributed by atoms with E-state index in [0.29, 0.717) is 6.42 Å². The molecule has 0 bridgehead atoms. The summed E-state index contributed by atoms with van der Waals surface area (Å²) in [5.41, 5.74) is -0.668. The number of unbranched alkanes of at least 4 members (excludes halogenated alkanes) is 1. The van der Waals surface area contributed by atoms with Crippen LogP contribution in [0.3, 0.4) is 0 Å². The largest absolute Gasteiger partial charge is 0.432 e. The molecule has 2 heteroatoms. The molecular formula is C11H18O2. The van der Waals surface area contributed by atoms with Crippen LogP contribution >= 0.6 is 0 Å². The van der Waals surface area contributed by atoms with E-state index in [9.17, 15) is 4.79 Å². The Morgan fingerprint density at radius 2 is 2.15 bits per heavy atom. The van der Waals surface area contributed by atoms with Gasteiger partial charge >= 0.3 is 0 Å². The first kappa shape index (κ1) is 12.0. The summed E-state index contributed by atoms with van der Waals surface area (Å²) >= 11 is 0. The number of carbonyl (C=O) groups excluding carboxylic acids is 1. The lowest BCUT2D eigenvalue weighted by molar-refractivity contribution is -0.124. The van der Waals surface area contributed by atoms with Crippen LogP contribution in [0.5, 0.6) is 0 Å². The molecule has 0 aliphatic heterocycles. The molecular weight excluding hydrogens is 164 g/mol. The summed E-state index contributed by atoms with van der Waals surface area (Å²) in [5.74, 6) is 2.64. The smallest absolute Gasteiger partial charge is 0.175 e. The molecule has 0 saturated heterocycles. The van der Waals surface area contributed by atoms with Gasteiger partial charge in [0.1, 0.15) is 6.11 Å². The molecule has 13 heavy (non-hydrogen) atoms. The second-order valence-electron chi connectivity index (χ2n) is 3.09. The van der Waals surface area contributed by atoms with Crippen molar-refractivity contribution in [2.75, 3.05) is 0 Å². The minimum absolute atomic E-state index is 0.668. The van der Waals surface area contributed by atoms with Crippen molar-refractivity contribution < 1.29 is 9.53 Å². The van der Waals surface area contributed by atoms with Crippen molar-refractivity contribution in [2.24, 2.45) is 0 Å². The molecule has 0 radical (unpaired) electrons. The maximum absolute atomic E-state index is 10.9. The fourth-order valence-corrected chi connectivity index (χ4v) is 1.09. The van der Waals surface area contributed by atoms with E-state index in [1.165, 1.54) is 0 Å². The standard InChI is InChI=1S/C11H18O2/c1-4-7-8-11(6-3,10-12)13-9-5-2/h10H,4,6-8H2,1-3H3. The van der Waals surface area contributed by atoms with E-state index in [1.807, 2.05) is 6.92 Å². The average Bonchev–Trinajstić information content (AvgIpc) is 2.20. The molecule has 0 amide bonds. The Balaban J connectivity index is 4.26. The van der Waals surface area contributed by atoms with Crippen LogP contribution in [0.4, 0.5) is 0 Å². The van der Waals surface area contributed by atoms with Crippen molar-refractivity contribution in [1.82, 2.24) is 0 Å². The van der Waals surface area contributed by atoms with E-state index < -0.39 is 5.60 Å². The molecule has 0 aromatic heterocycles. The van der Waals surface area contributed by atoms with Crippen LogP contribution in [-0.4, -0.2) is 11.9 Å². The first-order valence-corrected chi connectivity index (χ1v) is 4.80. The van der Waals surface area contributed by atoms with Gasteiger partial charge in [0.2, 0.25) is 0 Å². The predicted octanol–water partition coefficient (Wildman–Crippen LogP) is 2.52. The maximum atomic E-state index is 10.9. The SMILES string of the molecule is CC#COC(C=O)(CC)CCCC. The number of carbonyl (C=O) groups is 1. The average molecular weight is 182 g/mol. The van der Waals surface area contributed by atoms with E-state index >= 15 is 0 Å². The molecule has 0 fully saturated rings. The van der Waals surface area contributed by atoms with Gasteiger partial charge in [-0.25, -0.2) is 0 Å². The van der Waals surface area contributed by atoms with Crippen molar-refractivity contribution in [3.05, 3.63) is 0 Å². The molecule has 1 atom stereocenters. The number of hydrogen-bond acceptors (Lipinski definition) is 2. The zero-order valence-corrected chi connectivity index (χ0v) is 8.72. The molecule has 0 aliphatic carbocycles. The minimum atomic E-state index is -0.668. The molecule has 0 spiro atoms. The number of hydrogen-bond donors (Lipinski definition) is 0. The summed E-state index contributed by atoms with van der Waals surface area (Å²) in [7, 11) is 0. The van der Waals surface area contributed by atoms with Crippen molar-refractivity contribution in [3.63, 3.8) is 0 Å². The van der Waals surface area contributed by atoms with Crippen LogP contribution in [0.2, 0.25) is 0 Å². The summed E-state index contributed by atoms with van der Waals surface area (Å²) in [4.78, 5) is 10.9. The quantitative estimate of drug-likeness (QED) is 0.466. The molecule has 0 aromatic rings. The summed E-state index contributed by atoms with van der Waals surface area (Å²) in [6, 6.07) is 0. The number of aldehydes is 1. The minimum Gasteiger partial charge on any atom is -0.432 e. The van der Waals surface area contributed by atoms with Crippen molar-refractivity contribution in [3.8, 4) is 12.0 Å². The molecule has 0 aliphatic rings. The first-order chi connectivity index (χ1) is 6.24. The summed E-state index contributed by atoms with van der Waals surface area (Å²) < 4.78 is 5.25. The van der Waals surface area contributed by atoms with Gasteiger partial charge < -0.3 is 4.74 Å². The molecule has 0 heterocycles. The third-order valence-electron chi connectivity index (χ3n) is 2.12. The Kier molecular flexibility index (Phi) is 6.05. The van der Waals surface area contributed by atoms with Crippen molar-refractivity contribution >= 4 is 6.29 Å². The van der Waals surface area contributed by atoms with Gasteiger partial charge in [-0.3, -0.25) is 4.79 Å². The van der Waals surface area contributed by atoms with Gasteiger partial charge in [0, 0.05) is 6.92 Å². The highest BCUT2D eigenvalue weighted by atomic mass is 16.5. The zero-order chi connectivity index (χ0) is 10.2. The van der Waals surface area contributed by atoms with E-state index in [1.54, 1.807) is 6.92 Å². The predicted molar refractivity (Wildman–Crippen MR) is 53.1 cm³/mol. The van der Waals surface area contributed by atoms with Gasteiger partial charge in [-0.1, -0.05) is 26.2 Å². The van der Waals surface area contributed by atoms with Gasteiger partial charge in [-0.15, -0.1) is 0 Å². The Labute approximate surface area is 80.7 Å². The van der Waals surface area contributed by atoms with E-state index in [-0.39, 0.29) is 0 Å². The van der Waals surface area contributed by atoms with Crippen molar-refractivity contribution in [1.29, 1.82) is 0 Å². The first-order valence-electron chi connectivity index (χ1n) is 4.80. The molecule has 0 saturated carbocycles. The van der Waals surface area contributed by atoms with Crippen LogP contribution in [-0.2, 0) is 9.53 Å². The Hall–Kier alpha value is -0.970. The number of rotatable bonds is 6. The van der Waals surface area contributed by atoms with Gasteiger partial charge in [-0.2, -0.15) is 0 Å². The topological polar surface area (TPSA) is 26.3 Å². The van der Waals surface area contributed by atoms with Crippen LogP contribution in [0, 0.1) is 12.0 Å². The van der Waals surface area contributed by atoms with Gasteiger partial charge in [0.25, 0.3) is 0 Å². The zero-order valence-electron chi connectivity index (χ0n) is 8.72. The van der Waals surface area contributed by atoms with E-state index in [0.717, 1.165) is 25.5 Å². The number of ether oxygens (including phenoxy) is 1. The fourth-order valence-electron chi connectivity index (χ4n) is 1.09. The van der Waals surface area contributed by atoms with Crippen LogP contribution in [0.1, 0.15) is 46.5 Å². The lowest BCUT2D eigenvalue weighted by Crippen LogP contribution is -2.32. The normalized spacial score (nSPS) is 13.8. The van der Waals surface area contributed by atoms with Crippen LogP contribution in [0.15, 0.2) is 0 Å². The molecule has 74 valence electrons. The fraction of sp³-hybridized carbons (Fsp3) is 0.727. The van der Waals surface area contributed by atoms with E-state index in [4.69, 9.17) is 4.74 Å². The van der Waals surface area contributed by atoms with Gasteiger partial charge in [-0.05, 0) is 19.3 Å². The highest BCUT2D eigenvalue weighted by Crippen LogP contribution is 2.20. The Morgan fingerprint density at radius 1 is 1.46 bits per heavy atom. The maximum Gasteiger partial charge on any atom is 0.175 e.